The zero-order valence-corrected chi connectivity index (χ0v) is 12.8. The van der Waals surface area contributed by atoms with Crippen molar-refractivity contribution in [2.24, 2.45) is 5.92 Å². The van der Waals surface area contributed by atoms with Crippen molar-refractivity contribution in [2.75, 3.05) is 13.1 Å². The van der Waals surface area contributed by atoms with Gasteiger partial charge in [0.15, 0.2) is 0 Å². The predicted molar refractivity (Wildman–Crippen MR) is 81.4 cm³/mol. The molecule has 19 heavy (non-hydrogen) atoms. The van der Waals surface area contributed by atoms with Crippen LogP contribution in [0.2, 0.25) is 10.0 Å². The third-order valence-corrected chi connectivity index (χ3v) is 4.17. The van der Waals surface area contributed by atoms with E-state index in [2.05, 4.69) is 12.2 Å². The molecule has 0 saturated carbocycles. The van der Waals surface area contributed by atoms with Gasteiger partial charge in [-0.15, -0.1) is 0 Å². The Kier molecular flexibility index (Phi) is 5.80. The number of rotatable bonds is 6. The Morgan fingerprint density at radius 1 is 1.42 bits per heavy atom. The highest BCUT2D eigenvalue weighted by molar-refractivity contribution is 6.35. The van der Waals surface area contributed by atoms with Crippen LogP contribution in [-0.4, -0.2) is 19.2 Å². The summed E-state index contributed by atoms with van der Waals surface area (Å²) in [5, 5.41) is 4.65. The van der Waals surface area contributed by atoms with Crippen molar-refractivity contribution in [1.82, 2.24) is 5.32 Å². The fraction of sp³-hybridized carbons (Fsp3) is 0.600. The minimum atomic E-state index is 0.244. The molecule has 1 aromatic rings. The Bertz CT molecular complexity index is 405. The topological polar surface area (TPSA) is 21.3 Å². The standard InChI is InChI=1S/C15H21Cl2NO/c1-2-3-4-14(11-7-8-18-10-11)19-15-6-5-12(16)9-13(15)17/h5-6,9,11,14,18H,2-4,7-8,10H2,1H3/t11-,14+/m0/s1. The molecule has 0 radical (unpaired) electrons. The molecule has 1 saturated heterocycles. The smallest absolute Gasteiger partial charge is 0.138 e. The number of nitrogens with one attached hydrogen (secondary N) is 1. The zero-order chi connectivity index (χ0) is 13.7. The van der Waals surface area contributed by atoms with Crippen molar-refractivity contribution in [3.05, 3.63) is 28.2 Å². The Morgan fingerprint density at radius 3 is 2.89 bits per heavy atom. The lowest BCUT2D eigenvalue weighted by atomic mass is 9.97. The van der Waals surface area contributed by atoms with Crippen LogP contribution >= 0.6 is 23.2 Å². The van der Waals surface area contributed by atoms with Crippen LogP contribution in [0.4, 0.5) is 0 Å². The van der Waals surface area contributed by atoms with Gasteiger partial charge in [0.25, 0.3) is 0 Å². The zero-order valence-electron chi connectivity index (χ0n) is 11.3. The largest absolute Gasteiger partial charge is 0.489 e. The van der Waals surface area contributed by atoms with Gasteiger partial charge in [-0.2, -0.15) is 0 Å². The number of hydrogen-bond donors (Lipinski definition) is 1. The van der Waals surface area contributed by atoms with Crippen LogP contribution in [0.5, 0.6) is 5.75 Å². The van der Waals surface area contributed by atoms with E-state index >= 15 is 0 Å². The maximum Gasteiger partial charge on any atom is 0.138 e. The monoisotopic (exact) mass is 301 g/mol. The first-order valence-corrected chi connectivity index (χ1v) is 7.78. The lowest BCUT2D eigenvalue weighted by molar-refractivity contribution is 0.131. The summed E-state index contributed by atoms with van der Waals surface area (Å²) in [6.07, 6.45) is 4.89. The molecule has 1 aliphatic heterocycles. The van der Waals surface area contributed by atoms with Gasteiger partial charge in [-0.05, 0) is 37.6 Å². The SMILES string of the molecule is CCCC[C@@H](Oc1ccc(Cl)cc1Cl)[C@H]1CCNC1. The summed E-state index contributed by atoms with van der Waals surface area (Å²) in [5.41, 5.74) is 0. The minimum absolute atomic E-state index is 0.244. The highest BCUT2D eigenvalue weighted by Crippen LogP contribution is 2.31. The number of halogens is 2. The summed E-state index contributed by atoms with van der Waals surface area (Å²) >= 11 is 12.1. The molecule has 0 aliphatic carbocycles. The van der Waals surface area contributed by atoms with E-state index in [0.717, 1.165) is 25.3 Å². The van der Waals surface area contributed by atoms with Gasteiger partial charge in [0.05, 0.1) is 5.02 Å². The molecule has 0 spiro atoms. The quantitative estimate of drug-likeness (QED) is 0.833. The average molecular weight is 302 g/mol. The van der Waals surface area contributed by atoms with Crippen LogP contribution in [0.15, 0.2) is 18.2 Å². The first kappa shape index (κ1) is 15.0. The molecule has 0 amide bonds. The minimum Gasteiger partial charge on any atom is -0.489 e. The van der Waals surface area contributed by atoms with Gasteiger partial charge in [-0.25, -0.2) is 0 Å². The van der Waals surface area contributed by atoms with Crippen LogP contribution in [0.25, 0.3) is 0 Å². The number of ether oxygens (including phenoxy) is 1. The van der Waals surface area contributed by atoms with Crippen molar-refractivity contribution < 1.29 is 4.74 Å². The molecule has 0 aromatic heterocycles. The molecule has 2 nitrogen and oxygen atoms in total. The molecule has 0 unspecified atom stereocenters. The Morgan fingerprint density at radius 2 is 2.26 bits per heavy atom. The van der Waals surface area contributed by atoms with Gasteiger partial charge in [0, 0.05) is 17.5 Å². The summed E-state index contributed by atoms with van der Waals surface area (Å²) in [6, 6.07) is 5.43. The van der Waals surface area contributed by atoms with Crippen molar-refractivity contribution in [3.63, 3.8) is 0 Å². The maximum absolute atomic E-state index is 6.19. The van der Waals surface area contributed by atoms with E-state index in [1.807, 2.05) is 12.1 Å². The van der Waals surface area contributed by atoms with E-state index in [1.54, 1.807) is 6.07 Å². The van der Waals surface area contributed by atoms with E-state index < -0.39 is 0 Å². The molecule has 1 N–H and O–H groups in total. The van der Waals surface area contributed by atoms with Crippen LogP contribution in [0.3, 0.4) is 0 Å². The summed E-state index contributed by atoms with van der Waals surface area (Å²) in [7, 11) is 0. The fourth-order valence-corrected chi connectivity index (χ4v) is 2.98. The second-order valence-electron chi connectivity index (χ2n) is 5.13. The molecule has 2 rings (SSSR count). The van der Waals surface area contributed by atoms with Crippen LogP contribution in [0.1, 0.15) is 32.6 Å². The van der Waals surface area contributed by atoms with E-state index in [0.29, 0.717) is 16.0 Å². The maximum atomic E-state index is 6.19. The summed E-state index contributed by atoms with van der Waals surface area (Å²) < 4.78 is 6.16. The van der Waals surface area contributed by atoms with Crippen LogP contribution in [-0.2, 0) is 0 Å². The van der Waals surface area contributed by atoms with Crippen molar-refractivity contribution in [2.45, 2.75) is 38.7 Å². The number of unbranched alkanes of at least 4 members (excludes halogenated alkanes) is 1. The second-order valence-corrected chi connectivity index (χ2v) is 5.97. The Hall–Kier alpha value is -0.440. The molecular formula is C15H21Cl2NO. The summed E-state index contributed by atoms with van der Waals surface area (Å²) in [4.78, 5) is 0. The van der Waals surface area contributed by atoms with Gasteiger partial charge in [-0.3, -0.25) is 0 Å². The summed E-state index contributed by atoms with van der Waals surface area (Å²) in [6.45, 7) is 4.34. The predicted octanol–water partition coefficient (Wildman–Crippen LogP) is 4.54. The second kappa shape index (κ2) is 7.37. The number of hydrogen-bond acceptors (Lipinski definition) is 2. The van der Waals surface area contributed by atoms with Crippen LogP contribution in [0, 0.1) is 5.92 Å². The molecule has 2 atom stereocenters. The van der Waals surface area contributed by atoms with Gasteiger partial charge in [0.2, 0.25) is 0 Å². The van der Waals surface area contributed by atoms with Crippen molar-refractivity contribution >= 4 is 23.2 Å². The third kappa shape index (κ3) is 4.27. The first-order valence-electron chi connectivity index (χ1n) is 7.03. The van der Waals surface area contributed by atoms with Gasteiger partial charge in [0.1, 0.15) is 11.9 Å². The molecule has 4 heteroatoms. The van der Waals surface area contributed by atoms with Crippen molar-refractivity contribution in [1.29, 1.82) is 0 Å². The lowest BCUT2D eigenvalue weighted by Crippen LogP contribution is -2.29. The number of benzene rings is 1. The molecule has 1 fully saturated rings. The highest BCUT2D eigenvalue weighted by Gasteiger charge is 2.26. The average Bonchev–Trinajstić information content (AvgIpc) is 2.90. The molecule has 1 heterocycles. The molecule has 0 bridgehead atoms. The van der Waals surface area contributed by atoms with Crippen molar-refractivity contribution in [3.8, 4) is 5.75 Å². The normalized spacial score (nSPS) is 20.5. The van der Waals surface area contributed by atoms with E-state index in [9.17, 15) is 0 Å². The van der Waals surface area contributed by atoms with E-state index in [4.69, 9.17) is 27.9 Å². The third-order valence-electron chi connectivity index (χ3n) is 3.64. The fourth-order valence-electron chi connectivity index (χ4n) is 2.52. The highest BCUT2D eigenvalue weighted by atomic mass is 35.5. The summed E-state index contributed by atoms with van der Waals surface area (Å²) in [5.74, 6) is 1.33. The molecular weight excluding hydrogens is 281 g/mol. The first-order chi connectivity index (χ1) is 9.20. The van der Waals surface area contributed by atoms with E-state index in [1.165, 1.54) is 19.3 Å². The van der Waals surface area contributed by atoms with Gasteiger partial charge in [-0.1, -0.05) is 43.0 Å². The Labute approximate surface area is 125 Å². The van der Waals surface area contributed by atoms with Gasteiger partial charge >= 0.3 is 0 Å². The lowest BCUT2D eigenvalue weighted by Gasteiger charge is -2.25. The van der Waals surface area contributed by atoms with Gasteiger partial charge < -0.3 is 10.1 Å². The molecule has 1 aromatic carbocycles. The molecule has 106 valence electrons. The Balaban J connectivity index is 2.05. The molecule has 1 aliphatic rings. The van der Waals surface area contributed by atoms with Crippen LogP contribution < -0.4 is 10.1 Å². The van der Waals surface area contributed by atoms with E-state index in [-0.39, 0.29) is 6.10 Å².